The first kappa shape index (κ1) is 22.6. The summed E-state index contributed by atoms with van der Waals surface area (Å²) >= 11 is 0. The third kappa shape index (κ3) is 7.03. The molecule has 0 saturated carbocycles. The van der Waals surface area contributed by atoms with Crippen LogP contribution in [-0.4, -0.2) is 34.2 Å². The van der Waals surface area contributed by atoms with E-state index < -0.39 is 18.5 Å². The predicted octanol–water partition coefficient (Wildman–Crippen LogP) is 4.85. The molecule has 2 N–H and O–H groups in total. The molecule has 2 amide bonds. The summed E-state index contributed by atoms with van der Waals surface area (Å²) in [4.78, 5) is 16.5. The van der Waals surface area contributed by atoms with E-state index >= 15 is 0 Å². The van der Waals surface area contributed by atoms with Crippen molar-refractivity contribution in [3.8, 4) is 17.0 Å². The average molecular weight is 408 g/mol. The molecule has 0 radical (unpaired) electrons. The molecule has 0 aliphatic heterocycles. The van der Waals surface area contributed by atoms with E-state index in [-0.39, 0.29) is 6.10 Å². The molecule has 0 bridgehead atoms. The van der Waals surface area contributed by atoms with E-state index in [1.807, 2.05) is 31.5 Å². The summed E-state index contributed by atoms with van der Waals surface area (Å²) in [5.74, 6) is -0.980. The molecule has 160 valence electrons. The number of carbonyl (C=O) groups is 1. The molecule has 0 unspecified atom stereocenters. The summed E-state index contributed by atoms with van der Waals surface area (Å²) in [5, 5.41) is 4.77. The van der Waals surface area contributed by atoms with Crippen molar-refractivity contribution in [1.82, 2.24) is 14.9 Å². The number of rotatable bonds is 8. The number of anilines is 1. The van der Waals surface area contributed by atoms with E-state index in [1.165, 1.54) is 0 Å². The van der Waals surface area contributed by atoms with Crippen LogP contribution in [0, 0.1) is 5.92 Å². The summed E-state index contributed by atoms with van der Waals surface area (Å²) in [6.45, 7) is 8.08. The zero-order valence-electron chi connectivity index (χ0n) is 17.8. The van der Waals surface area contributed by atoms with Crippen LogP contribution in [0.4, 0.5) is 19.3 Å². The summed E-state index contributed by atoms with van der Waals surface area (Å²) in [6, 6.07) is 4.61. The molecule has 1 aromatic heterocycles. The van der Waals surface area contributed by atoms with Crippen molar-refractivity contribution >= 4 is 11.7 Å². The Balaban J connectivity index is 2.32. The number of carbonyl (C=O) groups excluding carboxylic acids is 1. The van der Waals surface area contributed by atoms with Gasteiger partial charge in [-0.25, -0.2) is 18.6 Å². The molecule has 0 aliphatic carbocycles. The van der Waals surface area contributed by atoms with E-state index in [2.05, 4.69) is 29.5 Å². The maximum absolute atomic E-state index is 13.0. The maximum Gasteiger partial charge on any atom is 0.319 e. The monoisotopic (exact) mass is 408 g/mol. The SMILES string of the molecule is CC(C)Cc1ncc(-c2cc(NC(=O)NCC(C)(F)F)cc(OC(C)C)c2)n1C. The second-order valence-corrected chi connectivity index (χ2v) is 8.01. The molecule has 0 spiro atoms. The van der Waals surface area contributed by atoms with Gasteiger partial charge in [-0.15, -0.1) is 0 Å². The summed E-state index contributed by atoms with van der Waals surface area (Å²) in [6.07, 6.45) is 2.57. The third-order valence-corrected chi connectivity index (χ3v) is 4.07. The summed E-state index contributed by atoms with van der Waals surface area (Å²) in [7, 11) is 1.94. The topological polar surface area (TPSA) is 68.2 Å². The quantitative estimate of drug-likeness (QED) is 0.656. The Bertz CT molecular complexity index is 842. The van der Waals surface area contributed by atoms with E-state index in [1.54, 1.807) is 18.3 Å². The van der Waals surface area contributed by atoms with Crippen molar-refractivity contribution in [2.75, 3.05) is 11.9 Å². The lowest BCUT2D eigenvalue weighted by molar-refractivity contribution is 0.0257. The van der Waals surface area contributed by atoms with E-state index in [9.17, 15) is 13.6 Å². The summed E-state index contributed by atoms with van der Waals surface area (Å²) < 4.78 is 33.8. The highest BCUT2D eigenvalue weighted by Gasteiger charge is 2.22. The normalized spacial score (nSPS) is 11.8. The molecule has 0 saturated heterocycles. The van der Waals surface area contributed by atoms with Crippen molar-refractivity contribution in [3.63, 3.8) is 0 Å². The fraction of sp³-hybridized carbons (Fsp3) is 0.524. The molecule has 8 heteroatoms. The first-order chi connectivity index (χ1) is 13.4. The van der Waals surface area contributed by atoms with Gasteiger partial charge in [0.15, 0.2) is 0 Å². The average Bonchev–Trinajstić information content (AvgIpc) is 2.91. The van der Waals surface area contributed by atoms with Crippen LogP contribution >= 0.6 is 0 Å². The lowest BCUT2D eigenvalue weighted by atomic mass is 10.1. The Labute approximate surface area is 170 Å². The van der Waals surface area contributed by atoms with E-state index in [4.69, 9.17) is 4.74 Å². The fourth-order valence-electron chi connectivity index (χ4n) is 2.84. The van der Waals surface area contributed by atoms with Gasteiger partial charge >= 0.3 is 6.03 Å². The van der Waals surface area contributed by atoms with Gasteiger partial charge in [-0.1, -0.05) is 13.8 Å². The van der Waals surface area contributed by atoms with Crippen LogP contribution in [0.1, 0.15) is 40.4 Å². The highest BCUT2D eigenvalue weighted by atomic mass is 19.3. The molecule has 2 aromatic rings. The number of ether oxygens (including phenoxy) is 1. The Morgan fingerprint density at radius 1 is 1.24 bits per heavy atom. The molecule has 1 aromatic carbocycles. The molecule has 0 atom stereocenters. The number of aromatic nitrogens is 2. The molecule has 29 heavy (non-hydrogen) atoms. The molecular weight excluding hydrogens is 378 g/mol. The van der Waals surface area contributed by atoms with Crippen LogP contribution in [-0.2, 0) is 13.5 Å². The Morgan fingerprint density at radius 2 is 1.93 bits per heavy atom. The van der Waals surface area contributed by atoms with Gasteiger partial charge in [-0.05, 0) is 31.9 Å². The van der Waals surface area contributed by atoms with Gasteiger partial charge in [0.2, 0.25) is 0 Å². The third-order valence-electron chi connectivity index (χ3n) is 4.07. The number of hydrogen-bond donors (Lipinski definition) is 2. The fourth-order valence-corrected chi connectivity index (χ4v) is 2.84. The minimum Gasteiger partial charge on any atom is -0.491 e. The zero-order valence-corrected chi connectivity index (χ0v) is 17.8. The smallest absolute Gasteiger partial charge is 0.319 e. The highest BCUT2D eigenvalue weighted by Crippen LogP contribution is 2.30. The number of nitrogens with one attached hydrogen (secondary N) is 2. The lowest BCUT2D eigenvalue weighted by Crippen LogP contribution is -2.37. The van der Waals surface area contributed by atoms with Crippen LogP contribution in [0.15, 0.2) is 24.4 Å². The van der Waals surface area contributed by atoms with Gasteiger partial charge in [-0.2, -0.15) is 0 Å². The molecule has 1 heterocycles. The number of urea groups is 1. The minimum atomic E-state index is -2.98. The largest absolute Gasteiger partial charge is 0.491 e. The Morgan fingerprint density at radius 3 is 2.52 bits per heavy atom. The number of imidazole rings is 1. The van der Waals surface area contributed by atoms with Gasteiger partial charge in [-0.3, -0.25) is 0 Å². The van der Waals surface area contributed by atoms with E-state index in [0.717, 1.165) is 30.4 Å². The minimum absolute atomic E-state index is 0.0613. The Hall–Kier alpha value is -2.64. The molecule has 0 fully saturated rings. The number of nitrogens with zero attached hydrogens (tertiary/aromatic N) is 2. The van der Waals surface area contributed by atoms with Gasteiger partial charge in [0.25, 0.3) is 5.92 Å². The molecule has 6 nitrogen and oxygen atoms in total. The number of alkyl halides is 2. The second-order valence-electron chi connectivity index (χ2n) is 8.01. The first-order valence-electron chi connectivity index (χ1n) is 9.70. The number of hydrogen-bond acceptors (Lipinski definition) is 3. The number of amides is 2. The van der Waals surface area contributed by atoms with Crippen molar-refractivity contribution in [2.24, 2.45) is 13.0 Å². The van der Waals surface area contributed by atoms with Crippen LogP contribution in [0.5, 0.6) is 5.75 Å². The number of halogens is 2. The highest BCUT2D eigenvalue weighted by molar-refractivity contribution is 5.90. The van der Waals surface area contributed by atoms with Crippen molar-refractivity contribution in [1.29, 1.82) is 0 Å². The lowest BCUT2D eigenvalue weighted by Gasteiger charge is -2.16. The van der Waals surface area contributed by atoms with Crippen molar-refractivity contribution < 1.29 is 18.3 Å². The molecular formula is C21H30F2N4O2. The Kier molecular flexibility index (Phi) is 7.21. The van der Waals surface area contributed by atoms with Crippen LogP contribution in [0.25, 0.3) is 11.3 Å². The number of benzene rings is 1. The molecule has 0 aliphatic rings. The van der Waals surface area contributed by atoms with Crippen LogP contribution in [0.2, 0.25) is 0 Å². The van der Waals surface area contributed by atoms with Gasteiger partial charge < -0.3 is 19.9 Å². The van der Waals surface area contributed by atoms with Gasteiger partial charge in [0.05, 0.1) is 24.5 Å². The second kappa shape index (κ2) is 9.24. The maximum atomic E-state index is 13.0. The van der Waals surface area contributed by atoms with Crippen molar-refractivity contribution in [3.05, 3.63) is 30.2 Å². The van der Waals surface area contributed by atoms with Crippen molar-refractivity contribution in [2.45, 2.75) is 53.1 Å². The standard InChI is InChI=1S/C21H30F2N4O2/c1-13(2)7-19-24-11-18(27(19)6)15-8-16(10-17(9-15)29-14(3)4)26-20(28)25-12-21(5,22)23/h8-11,13-14H,7,12H2,1-6H3,(H2,25,26,28). The van der Waals surface area contributed by atoms with Gasteiger partial charge in [0.1, 0.15) is 11.6 Å². The predicted molar refractivity (Wildman–Crippen MR) is 111 cm³/mol. The molecule has 2 rings (SSSR count). The first-order valence-corrected chi connectivity index (χ1v) is 9.70. The van der Waals surface area contributed by atoms with Crippen LogP contribution < -0.4 is 15.4 Å². The summed E-state index contributed by atoms with van der Waals surface area (Å²) in [5.41, 5.74) is 2.13. The van der Waals surface area contributed by atoms with E-state index in [0.29, 0.717) is 17.4 Å². The zero-order chi connectivity index (χ0) is 21.8. The van der Waals surface area contributed by atoms with Crippen LogP contribution in [0.3, 0.4) is 0 Å². The van der Waals surface area contributed by atoms with Gasteiger partial charge in [0, 0.05) is 37.7 Å².